The zero-order chi connectivity index (χ0) is 10.0. The summed E-state index contributed by atoms with van der Waals surface area (Å²) in [5.41, 5.74) is 0.272. The van der Waals surface area contributed by atoms with E-state index in [4.69, 9.17) is 5.26 Å². The van der Waals surface area contributed by atoms with Crippen LogP contribution in [0, 0.1) is 23.7 Å². The quantitative estimate of drug-likeness (QED) is 0.767. The van der Waals surface area contributed by atoms with Gasteiger partial charge in [0.15, 0.2) is 0 Å². The molecule has 1 fully saturated rings. The number of H-pyrrole nitrogens is 1. The van der Waals surface area contributed by atoms with Gasteiger partial charge < -0.3 is 0 Å². The van der Waals surface area contributed by atoms with Gasteiger partial charge in [-0.05, 0) is 25.2 Å². The fourth-order valence-electron chi connectivity index (χ4n) is 1.32. The lowest BCUT2D eigenvalue weighted by atomic mass is 10.1. The molecule has 4 nitrogen and oxygen atoms in total. The smallest absolute Gasteiger partial charge is 0.208 e. The van der Waals surface area contributed by atoms with Crippen LogP contribution in [-0.2, 0) is 0 Å². The molecule has 0 amide bonds. The molecule has 14 heavy (non-hydrogen) atoms. The van der Waals surface area contributed by atoms with Crippen molar-refractivity contribution in [3.8, 4) is 6.07 Å². The Hall–Kier alpha value is -1.02. The van der Waals surface area contributed by atoms with Gasteiger partial charge in [0.05, 0.1) is 6.07 Å². The maximum Gasteiger partial charge on any atom is 0.208 e. The molecular weight excluding hydrogens is 196 g/mol. The number of rotatable bonds is 4. The Bertz CT molecular complexity index is 361. The van der Waals surface area contributed by atoms with Gasteiger partial charge in [0.1, 0.15) is 5.82 Å². The number of hydrogen-bond donors (Lipinski definition) is 1. The van der Waals surface area contributed by atoms with Gasteiger partial charge in [-0.1, -0.05) is 11.8 Å². The first-order valence-electron chi connectivity index (χ1n) is 4.63. The van der Waals surface area contributed by atoms with E-state index >= 15 is 0 Å². The van der Waals surface area contributed by atoms with Crippen molar-refractivity contribution in [2.24, 2.45) is 5.41 Å². The summed E-state index contributed by atoms with van der Waals surface area (Å²) in [6, 6.07) is 2.25. The van der Waals surface area contributed by atoms with Gasteiger partial charge >= 0.3 is 0 Å². The minimum absolute atomic E-state index is 0.272. The first kappa shape index (κ1) is 9.53. The summed E-state index contributed by atoms with van der Waals surface area (Å²) in [6.07, 6.45) is 3.03. The Balaban J connectivity index is 1.86. The third kappa shape index (κ3) is 2.07. The molecule has 0 bridgehead atoms. The third-order valence-corrected chi connectivity index (χ3v) is 3.69. The third-order valence-electron chi connectivity index (χ3n) is 2.50. The van der Waals surface area contributed by atoms with Crippen LogP contribution in [0.5, 0.6) is 0 Å². The van der Waals surface area contributed by atoms with Crippen molar-refractivity contribution in [1.82, 2.24) is 15.2 Å². The van der Waals surface area contributed by atoms with Crippen LogP contribution in [0.15, 0.2) is 5.16 Å². The molecule has 0 atom stereocenters. The molecule has 1 aromatic rings. The Morgan fingerprint density at radius 3 is 2.93 bits per heavy atom. The monoisotopic (exact) mass is 208 g/mol. The van der Waals surface area contributed by atoms with E-state index in [1.165, 1.54) is 12.8 Å². The van der Waals surface area contributed by atoms with Gasteiger partial charge in [0.25, 0.3) is 0 Å². The molecular formula is C9H12N4S. The summed E-state index contributed by atoms with van der Waals surface area (Å²) in [7, 11) is 0. The highest BCUT2D eigenvalue weighted by molar-refractivity contribution is 7.99. The Labute approximate surface area is 87.1 Å². The van der Waals surface area contributed by atoms with E-state index in [0.717, 1.165) is 16.7 Å². The highest BCUT2D eigenvalue weighted by Gasteiger charge is 2.42. The Kier molecular flexibility index (Phi) is 2.46. The molecule has 0 saturated heterocycles. The van der Waals surface area contributed by atoms with Crippen molar-refractivity contribution >= 4 is 11.8 Å². The highest BCUT2D eigenvalue weighted by Crippen LogP contribution is 2.51. The second-order valence-electron chi connectivity index (χ2n) is 3.83. The zero-order valence-corrected chi connectivity index (χ0v) is 8.89. The highest BCUT2D eigenvalue weighted by atomic mass is 32.2. The molecule has 0 radical (unpaired) electrons. The molecule has 0 aromatic carbocycles. The summed E-state index contributed by atoms with van der Waals surface area (Å²) in [5.74, 6) is 1.82. The molecule has 1 saturated carbocycles. The van der Waals surface area contributed by atoms with Crippen LogP contribution in [-0.4, -0.2) is 20.9 Å². The number of aromatic amines is 1. The number of nitriles is 1. The predicted molar refractivity (Wildman–Crippen MR) is 53.7 cm³/mol. The maximum atomic E-state index is 8.65. The van der Waals surface area contributed by atoms with Crippen LogP contribution in [0.3, 0.4) is 0 Å². The molecule has 74 valence electrons. The standard InChI is InChI=1S/C9H12N4S/c1-7-11-8(13-12-7)14-6-9(2-3-9)4-5-10/h2-4,6H2,1H3,(H,11,12,13). The van der Waals surface area contributed by atoms with E-state index in [0.29, 0.717) is 6.42 Å². The molecule has 1 aromatic heterocycles. The number of thioether (sulfide) groups is 1. The van der Waals surface area contributed by atoms with Crippen molar-refractivity contribution < 1.29 is 0 Å². The van der Waals surface area contributed by atoms with Gasteiger partial charge in [-0.15, -0.1) is 5.10 Å². The van der Waals surface area contributed by atoms with E-state index in [1.54, 1.807) is 11.8 Å². The molecule has 1 aliphatic carbocycles. The van der Waals surface area contributed by atoms with Crippen LogP contribution in [0.25, 0.3) is 0 Å². The Morgan fingerprint density at radius 1 is 1.64 bits per heavy atom. The van der Waals surface area contributed by atoms with E-state index < -0.39 is 0 Å². The minimum atomic E-state index is 0.272. The van der Waals surface area contributed by atoms with Crippen molar-refractivity contribution in [2.45, 2.75) is 31.3 Å². The fraction of sp³-hybridized carbons (Fsp3) is 0.667. The number of aromatic nitrogens is 3. The van der Waals surface area contributed by atoms with Gasteiger partial charge in [-0.2, -0.15) is 5.26 Å². The largest absolute Gasteiger partial charge is 0.262 e. The van der Waals surface area contributed by atoms with Crippen molar-refractivity contribution in [1.29, 1.82) is 5.26 Å². The van der Waals surface area contributed by atoms with Crippen molar-refractivity contribution in [3.05, 3.63) is 5.82 Å². The van der Waals surface area contributed by atoms with Crippen LogP contribution >= 0.6 is 11.8 Å². The van der Waals surface area contributed by atoms with Crippen LogP contribution < -0.4 is 0 Å². The molecule has 1 aliphatic rings. The van der Waals surface area contributed by atoms with Gasteiger partial charge in [-0.3, -0.25) is 5.10 Å². The number of hydrogen-bond acceptors (Lipinski definition) is 4. The summed E-state index contributed by atoms with van der Waals surface area (Å²) in [6.45, 7) is 1.89. The summed E-state index contributed by atoms with van der Waals surface area (Å²) >= 11 is 1.65. The molecule has 5 heteroatoms. The lowest BCUT2D eigenvalue weighted by molar-refractivity contribution is 0.603. The zero-order valence-electron chi connectivity index (χ0n) is 8.08. The summed E-state index contributed by atoms with van der Waals surface area (Å²) < 4.78 is 0. The first-order valence-corrected chi connectivity index (χ1v) is 5.61. The normalized spacial score (nSPS) is 17.7. The maximum absolute atomic E-state index is 8.65. The van der Waals surface area contributed by atoms with E-state index in [-0.39, 0.29) is 5.41 Å². The van der Waals surface area contributed by atoms with Crippen molar-refractivity contribution in [3.63, 3.8) is 0 Å². The van der Waals surface area contributed by atoms with E-state index in [1.807, 2.05) is 6.92 Å². The topological polar surface area (TPSA) is 65.4 Å². The van der Waals surface area contributed by atoms with E-state index in [9.17, 15) is 0 Å². The second-order valence-corrected chi connectivity index (χ2v) is 4.77. The Morgan fingerprint density at radius 2 is 2.43 bits per heavy atom. The molecule has 1 N–H and O–H groups in total. The van der Waals surface area contributed by atoms with Crippen LogP contribution in [0.1, 0.15) is 25.1 Å². The predicted octanol–water partition coefficient (Wildman–Crippen LogP) is 1.90. The molecule has 0 aliphatic heterocycles. The molecule has 0 unspecified atom stereocenters. The van der Waals surface area contributed by atoms with Gasteiger partial charge in [0.2, 0.25) is 5.16 Å². The number of nitrogens with one attached hydrogen (secondary N) is 1. The minimum Gasteiger partial charge on any atom is -0.262 e. The van der Waals surface area contributed by atoms with Crippen molar-refractivity contribution in [2.75, 3.05) is 5.75 Å². The van der Waals surface area contributed by atoms with E-state index in [2.05, 4.69) is 21.3 Å². The van der Waals surface area contributed by atoms with Crippen LogP contribution in [0.2, 0.25) is 0 Å². The average molecular weight is 208 g/mol. The molecule has 0 spiro atoms. The number of aryl methyl sites for hydroxylation is 1. The number of nitrogens with zero attached hydrogens (tertiary/aromatic N) is 3. The second kappa shape index (κ2) is 3.62. The van der Waals surface area contributed by atoms with Gasteiger partial charge in [0, 0.05) is 12.2 Å². The first-order chi connectivity index (χ1) is 6.74. The molecule has 1 heterocycles. The van der Waals surface area contributed by atoms with Gasteiger partial charge in [-0.25, -0.2) is 4.98 Å². The van der Waals surface area contributed by atoms with Crippen LogP contribution in [0.4, 0.5) is 0 Å². The summed E-state index contributed by atoms with van der Waals surface area (Å²) in [5, 5.41) is 16.3. The summed E-state index contributed by atoms with van der Waals surface area (Å²) in [4.78, 5) is 4.22. The lowest BCUT2D eigenvalue weighted by Gasteiger charge is -2.06. The fourth-order valence-corrected chi connectivity index (χ4v) is 2.46. The SMILES string of the molecule is Cc1nc(SCC2(CC#N)CC2)n[nH]1. The molecule has 2 rings (SSSR count). The average Bonchev–Trinajstić information content (AvgIpc) is 2.80. The lowest BCUT2D eigenvalue weighted by Crippen LogP contribution is -2.02.